The summed E-state index contributed by atoms with van der Waals surface area (Å²) in [4.78, 5) is 4.56. The van der Waals surface area contributed by atoms with E-state index >= 15 is 0 Å². The van der Waals surface area contributed by atoms with Gasteiger partial charge < -0.3 is 5.73 Å². The normalized spacial score (nSPS) is 23.2. The summed E-state index contributed by atoms with van der Waals surface area (Å²) < 4.78 is 0. The lowest BCUT2D eigenvalue weighted by atomic mass is 9.87. The highest BCUT2D eigenvalue weighted by atomic mass is 14.8. The van der Waals surface area contributed by atoms with Crippen molar-refractivity contribution in [2.24, 2.45) is 16.6 Å². The minimum Gasteiger partial charge on any atom is -0.330 e. The number of nitrogens with two attached hydrogens (primary N) is 1. The van der Waals surface area contributed by atoms with Crippen molar-refractivity contribution in [1.82, 2.24) is 0 Å². The van der Waals surface area contributed by atoms with Crippen molar-refractivity contribution in [3.8, 4) is 0 Å². The highest BCUT2D eigenvalue weighted by molar-refractivity contribution is 5.80. The Morgan fingerprint density at radius 3 is 2.77 bits per heavy atom. The molecular formula is C11H20N2. The fraction of sp³-hybridized carbons (Fsp3) is 0.727. The number of hydrogen-bond donors (Lipinski definition) is 1. The summed E-state index contributed by atoms with van der Waals surface area (Å²) in [6.45, 7) is 7.05. The molecule has 0 spiro atoms. The van der Waals surface area contributed by atoms with Gasteiger partial charge >= 0.3 is 0 Å². The van der Waals surface area contributed by atoms with Crippen LogP contribution in [0.2, 0.25) is 0 Å². The van der Waals surface area contributed by atoms with Crippen molar-refractivity contribution in [3.63, 3.8) is 0 Å². The van der Waals surface area contributed by atoms with Crippen LogP contribution in [0.4, 0.5) is 0 Å². The molecule has 0 bridgehead atoms. The predicted molar refractivity (Wildman–Crippen MR) is 57.9 cm³/mol. The molecule has 0 amide bonds. The molecule has 0 saturated heterocycles. The number of allylic oxidation sites excluding steroid dienone is 1. The van der Waals surface area contributed by atoms with E-state index in [0.717, 1.165) is 18.7 Å². The first-order valence-corrected chi connectivity index (χ1v) is 5.06. The maximum atomic E-state index is 5.70. The molecule has 2 nitrogen and oxygen atoms in total. The van der Waals surface area contributed by atoms with Crippen LogP contribution in [0.1, 0.15) is 40.0 Å². The van der Waals surface area contributed by atoms with Gasteiger partial charge in [0, 0.05) is 11.4 Å². The topological polar surface area (TPSA) is 38.4 Å². The Hall–Kier alpha value is -0.630. The fourth-order valence-electron chi connectivity index (χ4n) is 1.87. The lowest BCUT2D eigenvalue weighted by molar-refractivity contribution is 0.504. The van der Waals surface area contributed by atoms with Crippen molar-refractivity contribution < 1.29 is 0 Å². The third kappa shape index (κ3) is 2.66. The zero-order valence-electron chi connectivity index (χ0n) is 8.93. The van der Waals surface area contributed by atoms with Gasteiger partial charge in [0.2, 0.25) is 0 Å². The van der Waals surface area contributed by atoms with E-state index in [-0.39, 0.29) is 0 Å². The zero-order valence-corrected chi connectivity index (χ0v) is 8.93. The maximum Gasteiger partial charge on any atom is 0.0395 e. The molecule has 74 valence electrons. The van der Waals surface area contributed by atoms with Gasteiger partial charge in [-0.1, -0.05) is 0 Å². The average Bonchev–Trinajstić information content (AvgIpc) is 2.08. The van der Waals surface area contributed by atoms with Gasteiger partial charge in [0.05, 0.1) is 0 Å². The molecule has 0 aromatic rings. The second-order valence-corrected chi connectivity index (χ2v) is 4.01. The molecule has 0 aromatic carbocycles. The van der Waals surface area contributed by atoms with Crippen LogP contribution in [0.5, 0.6) is 0 Å². The van der Waals surface area contributed by atoms with Crippen molar-refractivity contribution in [2.45, 2.75) is 40.0 Å². The van der Waals surface area contributed by atoms with Gasteiger partial charge in [-0.2, -0.15) is 0 Å². The molecule has 0 saturated carbocycles. The van der Waals surface area contributed by atoms with E-state index in [9.17, 15) is 0 Å². The first kappa shape index (κ1) is 10.5. The second-order valence-electron chi connectivity index (χ2n) is 4.01. The molecule has 1 atom stereocenters. The number of hydrogen-bond acceptors (Lipinski definition) is 2. The van der Waals surface area contributed by atoms with Crippen molar-refractivity contribution in [2.75, 3.05) is 6.54 Å². The molecule has 1 rings (SSSR count). The molecule has 0 aliphatic heterocycles. The van der Waals surface area contributed by atoms with Crippen molar-refractivity contribution in [3.05, 3.63) is 11.3 Å². The quantitative estimate of drug-likeness (QED) is 0.651. The minimum absolute atomic E-state index is 0.576. The number of aliphatic imine (C=N–C) groups is 1. The van der Waals surface area contributed by atoms with E-state index in [2.05, 4.69) is 11.9 Å². The summed E-state index contributed by atoms with van der Waals surface area (Å²) in [5.41, 5.74) is 9.54. The summed E-state index contributed by atoms with van der Waals surface area (Å²) in [6.07, 6.45) is 3.61. The smallest absolute Gasteiger partial charge is 0.0395 e. The Bertz CT molecular complexity index is 234. The molecule has 0 heterocycles. The summed E-state index contributed by atoms with van der Waals surface area (Å²) >= 11 is 0. The predicted octanol–water partition coefficient (Wildman–Crippen LogP) is 2.50. The SMILES string of the molecule is CC(C)=NC1=C(C)C(CN)CCC1. The summed E-state index contributed by atoms with van der Waals surface area (Å²) in [6, 6.07) is 0. The number of nitrogens with zero attached hydrogens (tertiary/aromatic N) is 1. The minimum atomic E-state index is 0.576. The largest absolute Gasteiger partial charge is 0.330 e. The van der Waals surface area contributed by atoms with E-state index in [1.54, 1.807) is 0 Å². The van der Waals surface area contributed by atoms with Gasteiger partial charge in [-0.15, -0.1) is 0 Å². The molecular weight excluding hydrogens is 160 g/mol. The molecule has 1 aliphatic rings. The molecule has 13 heavy (non-hydrogen) atoms. The highest BCUT2D eigenvalue weighted by Crippen LogP contribution is 2.29. The molecule has 0 radical (unpaired) electrons. The maximum absolute atomic E-state index is 5.70. The first-order chi connectivity index (χ1) is 6.15. The third-order valence-electron chi connectivity index (χ3n) is 2.68. The Morgan fingerprint density at radius 2 is 2.23 bits per heavy atom. The fourth-order valence-corrected chi connectivity index (χ4v) is 1.87. The third-order valence-corrected chi connectivity index (χ3v) is 2.68. The summed E-state index contributed by atoms with van der Waals surface area (Å²) in [7, 11) is 0. The van der Waals surface area contributed by atoms with Crippen LogP contribution in [-0.4, -0.2) is 12.3 Å². The van der Waals surface area contributed by atoms with E-state index < -0.39 is 0 Å². The Labute approximate surface area is 80.9 Å². The van der Waals surface area contributed by atoms with Gasteiger partial charge in [0.25, 0.3) is 0 Å². The van der Waals surface area contributed by atoms with E-state index in [0.29, 0.717) is 5.92 Å². The Morgan fingerprint density at radius 1 is 1.54 bits per heavy atom. The summed E-state index contributed by atoms with van der Waals surface area (Å²) in [5.74, 6) is 0.576. The van der Waals surface area contributed by atoms with Crippen molar-refractivity contribution in [1.29, 1.82) is 0 Å². The zero-order chi connectivity index (χ0) is 9.84. The van der Waals surface area contributed by atoms with Crippen LogP contribution in [0.3, 0.4) is 0 Å². The lowest BCUT2D eigenvalue weighted by Crippen LogP contribution is -2.19. The highest BCUT2D eigenvalue weighted by Gasteiger charge is 2.17. The van der Waals surface area contributed by atoms with Gasteiger partial charge in [-0.05, 0) is 58.1 Å². The summed E-state index contributed by atoms with van der Waals surface area (Å²) in [5, 5.41) is 0. The molecule has 2 heteroatoms. The Kier molecular flexibility index (Phi) is 3.67. The van der Waals surface area contributed by atoms with Crippen LogP contribution in [0.25, 0.3) is 0 Å². The van der Waals surface area contributed by atoms with E-state index in [1.165, 1.54) is 24.1 Å². The van der Waals surface area contributed by atoms with Gasteiger partial charge in [0.15, 0.2) is 0 Å². The Balaban J connectivity index is 2.86. The average molecular weight is 180 g/mol. The molecule has 0 fully saturated rings. The van der Waals surface area contributed by atoms with Crippen LogP contribution >= 0.6 is 0 Å². The second kappa shape index (κ2) is 4.56. The van der Waals surface area contributed by atoms with Gasteiger partial charge in [-0.25, -0.2) is 0 Å². The monoisotopic (exact) mass is 180 g/mol. The lowest BCUT2D eigenvalue weighted by Gasteiger charge is -2.23. The van der Waals surface area contributed by atoms with E-state index in [1.807, 2.05) is 13.8 Å². The van der Waals surface area contributed by atoms with Crippen LogP contribution in [0, 0.1) is 5.92 Å². The molecule has 1 unspecified atom stereocenters. The van der Waals surface area contributed by atoms with Gasteiger partial charge in [-0.3, -0.25) is 4.99 Å². The van der Waals surface area contributed by atoms with E-state index in [4.69, 9.17) is 5.73 Å². The first-order valence-electron chi connectivity index (χ1n) is 5.06. The molecule has 2 N–H and O–H groups in total. The van der Waals surface area contributed by atoms with Gasteiger partial charge in [0.1, 0.15) is 0 Å². The van der Waals surface area contributed by atoms with Crippen LogP contribution in [0.15, 0.2) is 16.3 Å². The number of rotatable bonds is 2. The van der Waals surface area contributed by atoms with Crippen molar-refractivity contribution >= 4 is 5.71 Å². The van der Waals surface area contributed by atoms with Crippen LogP contribution < -0.4 is 5.73 Å². The standard InChI is InChI=1S/C11H20N2/c1-8(2)13-11-6-4-5-10(7-12)9(11)3/h10H,4-7,12H2,1-3H3. The molecule has 1 aliphatic carbocycles. The molecule has 0 aromatic heterocycles. The van der Waals surface area contributed by atoms with Crippen LogP contribution in [-0.2, 0) is 0 Å².